The molecule has 30 heavy (non-hydrogen) atoms. The number of nitrogens with one attached hydrogen (secondary N) is 3. The van der Waals surface area contributed by atoms with Crippen LogP contribution in [0, 0.1) is 5.92 Å². The Labute approximate surface area is 181 Å². The molecule has 2 atom stereocenters. The van der Waals surface area contributed by atoms with Gasteiger partial charge >= 0.3 is 0 Å². The summed E-state index contributed by atoms with van der Waals surface area (Å²) >= 11 is 1.68. The monoisotopic (exact) mass is 430 g/mol. The molecule has 2 unspecified atom stereocenters. The van der Waals surface area contributed by atoms with E-state index in [1.807, 2.05) is 18.2 Å². The number of piperidine rings is 1. The second-order valence-corrected chi connectivity index (χ2v) is 9.35. The fraction of sp³-hybridized carbons (Fsp3) is 0.545. The molecule has 1 aromatic carbocycles. The molecule has 2 heterocycles. The van der Waals surface area contributed by atoms with E-state index in [9.17, 15) is 9.59 Å². The lowest BCUT2D eigenvalue weighted by molar-refractivity contribution is -0.129. The zero-order valence-corrected chi connectivity index (χ0v) is 18.2. The van der Waals surface area contributed by atoms with E-state index in [1.165, 1.54) is 5.39 Å². The maximum absolute atomic E-state index is 12.2. The van der Waals surface area contributed by atoms with Gasteiger partial charge in [-0.1, -0.05) is 18.2 Å². The van der Waals surface area contributed by atoms with Gasteiger partial charge in [0, 0.05) is 50.1 Å². The van der Waals surface area contributed by atoms with E-state index in [-0.39, 0.29) is 5.91 Å². The standard InChI is InChI=1S/C22H30N4O3S/c1-23-21(28)22(24-15-27)9-6-16(13-22)14-25-30-26-10-7-17(8-11-26)20-12-18-4-2-3-5-19(18)29-20/h2-5,12,15-17,25H,6-11,13-14H2,1H3,(H,23,28)(H,24,27). The van der Waals surface area contributed by atoms with Crippen LogP contribution in [0.15, 0.2) is 34.7 Å². The van der Waals surface area contributed by atoms with Crippen LogP contribution in [0.25, 0.3) is 11.0 Å². The summed E-state index contributed by atoms with van der Waals surface area (Å²) in [6, 6.07) is 10.4. The van der Waals surface area contributed by atoms with Gasteiger partial charge in [-0.15, -0.1) is 0 Å². The Bertz CT molecular complexity index is 847. The average Bonchev–Trinajstić information content (AvgIpc) is 3.39. The Morgan fingerprint density at radius 3 is 2.83 bits per heavy atom. The van der Waals surface area contributed by atoms with Crippen LogP contribution < -0.4 is 15.4 Å². The molecule has 7 nitrogen and oxygen atoms in total. The molecule has 4 rings (SSSR count). The molecule has 2 aliphatic rings. The maximum atomic E-state index is 12.2. The van der Waals surface area contributed by atoms with E-state index < -0.39 is 5.54 Å². The summed E-state index contributed by atoms with van der Waals surface area (Å²) in [7, 11) is 1.62. The van der Waals surface area contributed by atoms with Crippen molar-refractivity contribution in [3.05, 3.63) is 36.1 Å². The molecule has 1 saturated carbocycles. The summed E-state index contributed by atoms with van der Waals surface area (Å²) in [5.74, 6) is 1.85. The van der Waals surface area contributed by atoms with Crippen LogP contribution in [-0.2, 0) is 9.59 Å². The fourth-order valence-electron chi connectivity index (χ4n) is 4.76. The van der Waals surface area contributed by atoms with Crippen molar-refractivity contribution in [2.75, 3.05) is 26.7 Å². The van der Waals surface area contributed by atoms with E-state index in [4.69, 9.17) is 4.42 Å². The molecule has 0 radical (unpaired) electrons. The highest BCUT2D eigenvalue weighted by atomic mass is 32.2. The number of carbonyl (C=O) groups excluding carboxylic acids is 2. The summed E-state index contributed by atoms with van der Waals surface area (Å²) in [6.07, 6.45) is 5.10. The summed E-state index contributed by atoms with van der Waals surface area (Å²) < 4.78 is 11.9. The molecular weight excluding hydrogens is 400 g/mol. The van der Waals surface area contributed by atoms with Crippen LogP contribution in [-0.4, -0.2) is 48.8 Å². The molecule has 2 fully saturated rings. The predicted octanol–water partition coefficient (Wildman–Crippen LogP) is 2.80. The van der Waals surface area contributed by atoms with E-state index in [0.29, 0.717) is 31.1 Å². The van der Waals surface area contributed by atoms with Gasteiger partial charge in [0.1, 0.15) is 16.9 Å². The van der Waals surface area contributed by atoms with Gasteiger partial charge in [-0.2, -0.15) is 0 Å². The van der Waals surface area contributed by atoms with Crippen LogP contribution in [0.3, 0.4) is 0 Å². The van der Waals surface area contributed by atoms with Crippen LogP contribution >= 0.6 is 12.1 Å². The van der Waals surface area contributed by atoms with Gasteiger partial charge in [0.25, 0.3) is 0 Å². The first-order valence-corrected chi connectivity index (χ1v) is 11.5. The normalized spacial score (nSPS) is 25.4. The number of rotatable bonds is 8. The first-order valence-electron chi connectivity index (χ1n) is 10.7. The summed E-state index contributed by atoms with van der Waals surface area (Å²) in [5.41, 5.74) is 0.220. The van der Waals surface area contributed by atoms with Crippen molar-refractivity contribution in [2.24, 2.45) is 5.92 Å². The lowest BCUT2D eigenvalue weighted by atomic mass is 9.95. The first kappa shape index (κ1) is 21.2. The number of hydrogen-bond acceptors (Lipinski definition) is 6. The Balaban J connectivity index is 1.21. The second-order valence-electron chi connectivity index (χ2n) is 8.36. The number of fused-ring (bicyclic) bond motifs is 1. The molecule has 1 aliphatic carbocycles. The largest absolute Gasteiger partial charge is 0.461 e. The zero-order chi connectivity index (χ0) is 21.0. The van der Waals surface area contributed by atoms with Gasteiger partial charge < -0.3 is 15.1 Å². The van der Waals surface area contributed by atoms with Crippen molar-refractivity contribution in [1.29, 1.82) is 0 Å². The zero-order valence-electron chi connectivity index (χ0n) is 17.4. The summed E-state index contributed by atoms with van der Waals surface area (Å²) in [6.45, 7) is 2.85. The van der Waals surface area contributed by atoms with Crippen molar-refractivity contribution in [2.45, 2.75) is 43.6 Å². The molecule has 162 valence electrons. The van der Waals surface area contributed by atoms with Gasteiger partial charge in [-0.25, -0.2) is 4.31 Å². The van der Waals surface area contributed by atoms with Crippen LogP contribution in [0.5, 0.6) is 0 Å². The first-order chi connectivity index (χ1) is 14.6. The number of para-hydroxylation sites is 1. The van der Waals surface area contributed by atoms with Crippen LogP contribution in [0.2, 0.25) is 0 Å². The molecule has 0 bridgehead atoms. The number of carbonyl (C=O) groups is 2. The van der Waals surface area contributed by atoms with Gasteiger partial charge in [0.2, 0.25) is 12.3 Å². The van der Waals surface area contributed by atoms with E-state index in [0.717, 1.165) is 50.2 Å². The highest BCUT2D eigenvalue weighted by molar-refractivity contribution is 7.95. The van der Waals surface area contributed by atoms with Crippen molar-refractivity contribution in [3.63, 3.8) is 0 Å². The second kappa shape index (κ2) is 9.41. The topological polar surface area (TPSA) is 86.6 Å². The number of likely N-dealkylation sites (N-methyl/N-ethyl adjacent to an activating group) is 1. The Morgan fingerprint density at radius 2 is 2.10 bits per heavy atom. The molecule has 1 saturated heterocycles. The van der Waals surface area contributed by atoms with Crippen molar-refractivity contribution < 1.29 is 14.0 Å². The minimum absolute atomic E-state index is 0.0996. The minimum Gasteiger partial charge on any atom is -0.461 e. The van der Waals surface area contributed by atoms with Crippen molar-refractivity contribution >= 4 is 35.4 Å². The van der Waals surface area contributed by atoms with Crippen molar-refractivity contribution in [1.82, 2.24) is 19.7 Å². The van der Waals surface area contributed by atoms with Gasteiger partial charge in [0.05, 0.1) is 0 Å². The van der Waals surface area contributed by atoms with E-state index in [2.05, 4.69) is 31.8 Å². The summed E-state index contributed by atoms with van der Waals surface area (Å²) in [4.78, 5) is 23.2. The number of nitrogens with zero attached hydrogens (tertiary/aromatic N) is 1. The Kier molecular flexibility index (Phi) is 6.65. The Hall–Kier alpha value is -2.03. The molecule has 2 aromatic rings. The van der Waals surface area contributed by atoms with E-state index >= 15 is 0 Å². The minimum atomic E-state index is -0.752. The third kappa shape index (κ3) is 4.50. The van der Waals surface area contributed by atoms with E-state index in [1.54, 1.807) is 19.2 Å². The fourth-order valence-corrected chi connectivity index (χ4v) is 5.64. The molecular formula is C22H30N4O3S. The molecule has 1 aromatic heterocycles. The maximum Gasteiger partial charge on any atom is 0.245 e. The Morgan fingerprint density at radius 1 is 1.30 bits per heavy atom. The molecule has 3 N–H and O–H groups in total. The summed E-state index contributed by atoms with van der Waals surface area (Å²) in [5, 5.41) is 6.63. The third-order valence-corrected chi connectivity index (χ3v) is 7.40. The predicted molar refractivity (Wildman–Crippen MR) is 119 cm³/mol. The average molecular weight is 431 g/mol. The number of furan rings is 1. The smallest absolute Gasteiger partial charge is 0.245 e. The molecule has 8 heteroatoms. The molecule has 0 spiro atoms. The molecule has 1 aliphatic heterocycles. The number of amides is 2. The van der Waals surface area contributed by atoms with Crippen LogP contribution in [0.4, 0.5) is 0 Å². The van der Waals surface area contributed by atoms with Crippen LogP contribution in [0.1, 0.15) is 43.8 Å². The lowest BCUT2D eigenvalue weighted by Gasteiger charge is -2.30. The number of hydrogen-bond donors (Lipinski definition) is 3. The highest BCUT2D eigenvalue weighted by Gasteiger charge is 2.44. The van der Waals surface area contributed by atoms with Gasteiger partial charge in [-0.3, -0.25) is 14.3 Å². The lowest BCUT2D eigenvalue weighted by Crippen LogP contribution is -2.54. The van der Waals surface area contributed by atoms with Gasteiger partial charge in [0.15, 0.2) is 0 Å². The van der Waals surface area contributed by atoms with Crippen molar-refractivity contribution in [3.8, 4) is 0 Å². The quantitative estimate of drug-likeness (QED) is 0.441. The van der Waals surface area contributed by atoms with Gasteiger partial charge in [-0.05, 0) is 50.2 Å². The highest BCUT2D eigenvalue weighted by Crippen LogP contribution is 2.36. The molecule has 2 amide bonds. The number of benzene rings is 1. The SMILES string of the molecule is CNC(=O)C1(NC=O)CCC(CNSN2CCC(c3cc4ccccc4o3)CC2)C1. The third-order valence-electron chi connectivity index (χ3n) is 6.48.